The van der Waals surface area contributed by atoms with Crippen LogP contribution in [0.15, 0.2) is 47.8 Å². The number of nitrogens with two attached hydrogens (primary N) is 1. The molecular formula is C35H42N8O15S3. The lowest BCUT2D eigenvalue weighted by atomic mass is 10.0. The van der Waals surface area contributed by atoms with Gasteiger partial charge in [-0.3, -0.25) is 28.5 Å². The van der Waals surface area contributed by atoms with Crippen LogP contribution in [0.4, 0.5) is 5.13 Å². The van der Waals surface area contributed by atoms with Crippen LogP contribution >= 0.6 is 23.1 Å². The highest BCUT2D eigenvalue weighted by Gasteiger charge is 2.54. The second-order valence-electron chi connectivity index (χ2n) is 13.5. The molecule has 23 nitrogen and oxygen atoms in total. The van der Waals surface area contributed by atoms with E-state index in [9.17, 15) is 67.3 Å². The zero-order chi connectivity index (χ0) is 45.2. The Bertz CT molecular complexity index is 2300. The number of nitrogens with zero attached hydrogens (tertiary/aromatic N) is 4. The number of phenols is 4. The molecule has 11 N–H and O–H groups in total. The largest absolute Gasteiger partial charge is 0.504 e. The number of amides is 5. The van der Waals surface area contributed by atoms with Gasteiger partial charge in [0.05, 0.1) is 28.6 Å². The molecule has 2 aromatic carbocycles. The zero-order valence-corrected chi connectivity index (χ0v) is 34.8. The molecule has 1 aliphatic rings. The molecule has 1 aliphatic heterocycles. The van der Waals surface area contributed by atoms with E-state index in [0.717, 1.165) is 54.1 Å². The molecule has 2 atom stereocenters. The molecule has 0 spiro atoms. The van der Waals surface area contributed by atoms with Crippen molar-refractivity contribution in [2.24, 2.45) is 5.16 Å². The Morgan fingerprint density at radius 3 is 2.25 bits per heavy atom. The second-order valence-corrected chi connectivity index (χ2v) is 17.0. The van der Waals surface area contributed by atoms with Crippen molar-refractivity contribution < 1.29 is 72.1 Å². The summed E-state index contributed by atoms with van der Waals surface area (Å²) in [6.45, 7) is 1.77. The predicted molar refractivity (Wildman–Crippen MR) is 217 cm³/mol. The summed E-state index contributed by atoms with van der Waals surface area (Å²) < 4.78 is 34.0. The first-order valence-electron chi connectivity index (χ1n) is 17.9. The molecule has 1 fully saturated rings. The molecular weight excluding hydrogens is 869 g/mol. The van der Waals surface area contributed by atoms with Gasteiger partial charge in [0.1, 0.15) is 6.04 Å². The smallest absolute Gasteiger partial charge is 0.362 e. The Kier molecular flexibility index (Phi) is 15.7. The number of β-lactam (4-membered cyclic amide) rings is 1. The van der Waals surface area contributed by atoms with E-state index in [2.05, 4.69) is 26.1 Å². The maximum atomic E-state index is 13.4. The van der Waals surface area contributed by atoms with Gasteiger partial charge in [-0.1, -0.05) is 28.6 Å². The maximum Gasteiger partial charge on any atom is 0.362 e. The summed E-state index contributed by atoms with van der Waals surface area (Å²) >= 11 is 1.80. The number of benzene rings is 2. The molecule has 0 saturated carbocycles. The Labute approximate surface area is 355 Å². The number of hydrogen-bond acceptors (Lipinski definition) is 18. The van der Waals surface area contributed by atoms with Crippen molar-refractivity contribution in [3.8, 4) is 23.0 Å². The third kappa shape index (κ3) is 12.1. The van der Waals surface area contributed by atoms with E-state index in [1.165, 1.54) is 30.3 Å². The summed E-state index contributed by atoms with van der Waals surface area (Å²) in [6, 6.07) is 4.77. The van der Waals surface area contributed by atoms with Gasteiger partial charge in [-0.05, 0) is 51.0 Å². The number of aromatic hydroxyl groups is 4. The van der Waals surface area contributed by atoms with E-state index in [4.69, 9.17) is 10.6 Å². The fourth-order valence-corrected chi connectivity index (χ4v) is 8.02. The molecule has 5 amide bonds. The first kappa shape index (κ1) is 47.3. The van der Waals surface area contributed by atoms with E-state index in [0.29, 0.717) is 0 Å². The lowest BCUT2D eigenvalue weighted by Gasteiger charge is -2.44. The number of nitrogen functional groups attached to an aromatic ring is 1. The minimum absolute atomic E-state index is 0.00922. The molecule has 2 unspecified atom stereocenters. The maximum absolute atomic E-state index is 13.4. The molecule has 3 aromatic rings. The topological polar surface area (TPSA) is 361 Å². The average molecular weight is 911 g/mol. The van der Waals surface area contributed by atoms with E-state index in [-0.39, 0.29) is 69.4 Å². The minimum atomic E-state index is -5.09. The summed E-state index contributed by atoms with van der Waals surface area (Å²) in [5.74, 6) is -8.27. The molecule has 0 radical (unpaired) electrons. The van der Waals surface area contributed by atoms with Gasteiger partial charge in [0.2, 0.25) is 11.5 Å². The number of carboxylic acid groups (broad SMARTS) is 1. The number of carbonyl (C=O) groups is 6. The first-order chi connectivity index (χ1) is 28.6. The van der Waals surface area contributed by atoms with Gasteiger partial charge in [-0.2, -0.15) is 20.2 Å². The molecule has 330 valence electrons. The third-order valence-corrected chi connectivity index (χ3v) is 11.5. The highest BCUT2D eigenvalue weighted by Crippen LogP contribution is 2.31. The van der Waals surface area contributed by atoms with Gasteiger partial charge in [0.25, 0.3) is 23.6 Å². The number of thiazole rings is 1. The van der Waals surface area contributed by atoms with Crippen molar-refractivity contribution in [2.75, 3.05) is 43.4 Å². The number of hydrogen-bond donors (Lipinski definition) is 10. The number of rotatable bonds is 21. The minimum Gasteiger partial charge on any atom is -0.504 e. The van der Waals surface area contributed by atoms with Crippen LogP contribution in [0.5, 0.6) is 23.0 Å². The lowest BCUT2D eigenvalue weighted by molar-refractivity contribution is -0.161. The third-order valence-electron chi connectivity index (χ3n) is 8.68. The van der Waals surface area contributed by atoms with Crippen molar-refractivity contribution in [3.05, 3.63) is 58.6 Å². The Balaban J connectivity index is 1.35. The number of carbonyl (C=O) groups excluding carboxylic acids is 5. The monoisotopic (exact) mass is 910 g/mol. The fraction of sp³-hybridized carbons (Fsp3) is 0.371. The number of unbranched alkanes of at least 4 members (excludes halogenated alkanes) is 1. The van der Waals surface area contributed by atoms with Gasteiger partial charge in [0, 0.05) is 37.3 Å². The van der Waals surface area contributed by atoms with Crippen LogP contribution in [0, 0.1) is 0 Å². The molecule has 26 heteroatoms. The summed E-state index contributed by atoms with van der Waals surface area (Å²) in [5.41, 5.74) is 2.81. The quantitative estimate of drug-likeness (QED) is 0.0166. The van der Waals surface area contributed by atoms with Crippen molar-refractivity contribution in [3.63, 3.8) is 0 Å². The number of phenolic OH excluding ortho intramolecular Hbond substituents is 4. The second kappa shape index (κ2) is 20.3. The molecule has 1 aromatic heterocycles. The summed E-state index contributed by atoms with van der Waals surface area (Å²) in [5, 5.41) is 60.4. The number of aromatic nitrogens is 1. The molecule has 0 aliphatic carbocycles. The van der Waals surface area contributed by atoms with Gasteiger partial charge in [0.15, 0.2) is 33.8 Å². The number of oxime groups is 1. The summed E-state index contributed by atoms with van der Waals surface area (Å²) in [7, 11) is -5.09. The van der Waals surface area contributed by atoms with Crippen LogP contribution in [0.1, 0.15) is 52.3 Å². The molecule has 4 rings (SSSR count). The van der Waals surface area contributed by atoms with Crippen LogP contribution in [0.3, 0.4) is 0 Å². The average Bonchev–Trinajstić information content (AvgIpc) is 3.62. The van der Waals surface area contributed by atoms with Crippen molar-refractivity contribution in [1.29, 1.82) is 0 Å². The van der Waals surface area contributed by atoms with Gasteiger partial charge < -0.3 is 57.0 Å². The first-order valence-corrected chi connectivity index (χ1v) is 21.3. The molecule has 1 saturated heterocycles. The van der Waals surface area contributed by atoms with Crippen LogP contribution in [-0.2, 0) is 34.3 Å². The Hall–Kier alpha value is -6.38. The fourth-order valence-electron chi connectivity index (χ4n) is 5.39. The molecule has 0 bridgehead atoms. The van der Waals surface area contributed by atoms with Crippen LogP contribution in [-0.4, -0.2) is 149 Å². The van der Waals surface area contributed by atoms with Crippen molar-refractivity contribution in [2.45, 2.75) is 44.4 Å². The van der Waals surface area contributed by atoms with Crippen molar-refractivity contribution >= 4 is 79.8 Å². The standard InChI is InChI=1S/C35H42N8O15S3/c1-35(2,33(53)54)58-41-26(23-15-39-34(36)60-23)30(50)40-25-20(43(32(25)52)61(55,56)57)17-59-14-12-37-24(46)16-42(31(51)19-8-6-10-22(45)28(19)48)13-4-3-11-38-29(49)18-7-5-9-21(44)27(18)47/h5-10,15,20,25,44-45,47-48H,3-4,11-14,16-17H2,1-2H3,(H2,36,39)(H,37,46)(H,38,49)(H,40,50)(H,53,54)(H,55,56,57)/b41-26-. The molecule has 2 heterocycles. The van der Waals surface area contributed by atoms with Gasteiger partial charge in [-0.25, -0.2) is 14.1 Å². The number of anilines is 1. The number of nitrogens with one attached hydrogen (secondary N) is 3. The lowest BCUT2D eigenvalue weighted by Crippen LogP contribution is -2.73. The zero-order valence-electron chi connectivity index (χ0n) is 32.3. The predicted octanol–water partition coefficient (Wildman–Crippen LogP) is -0.168. The van der Waals surface area contributed by atoms with Crippen LogP contribution < -0.4 is 21.7 Å². The highest BCUT2D eigenvalue weighted by atomic mass is 32.2. The SMILES string of the molecule is CC(C)(O/N=C(\C(=O)NC1C(=O)N(S(=O)(=O)O)C1CSCCNC(=O)CN(CCCCNC(=O)c1cccc(O)c1O)C(=O)c1cccc(O)c1O)c1cnc(N)s1)C(=O)O. The van der Waals surface area contributed by atoms with E-state index >= 15 is 0 Å². The van der Waals surface area contributed by atoms with Gasteiger partial charge in [-0.15, -0.1) is 0 Å². The number of carboxylic acids is 1. The summed E-state index contributed by atoms with van der Waals surface area (Å²) in [6.07, 6.45) is 1.67. The molecule has 61 heavy (non-hydrogen) atoms. The summed E-state index contributed by atoms with van der Waals surface area (Å²) in [4.78, 5) is 86.6. The number of para-hydroxylation sites is 2. The normalized spacial score (nSPS) is 15.4. The van der Waals surface area contributed by atoms with Crippen molar-refractivity contribution in [1.82, 2.24) is 30.1 Å². The van der Waals surface area contributed by atoms with E-state index < -0.39 is 98.7 Å². The van der Waals surface area contributed by atoms with Gasteiger partial charge >= 0.3 is 16.3 Å². The van der Waals surface area contributed by atoms with E-state index in [1.54, 1.807) is 0 Å². The number of thioether (sulfide) groups is 1. The Morgan fingerprint density at radius 2 is 1.64 bits per heavy atom. The highest BCUT2D eigenvalue weighted by molar-refractivity contribution is 7.99. The Morgan fingerprint density at radius 1 is 1.00 bits per heavy atom. The van der Waals surface area contributed by atoms with Crippen LogP contribution in [0.2, 0.25) is 0 Å². The number of aliphatic carboxylic acids is 1. The van der Waals surface area contributed by atoms with Crippen LogP contribution in [0.25, 0.3) is 0 Å². The van der Waals surface area contributed by atoms with E-state index in [1.807, 2.05) is 0 Å².